The molecule has 1 aromatic heterocycles. The maximum atomic E-state index is 14.1. The minimum absolute atomic E-state index is 0.0808. The first kappa shape index (κ1) is 18.7. The molecule has 0 spiro atoms. The van der Waals surface area contributed by atoms with Gasteiger partial charge in [-0.1, -0.05) is 17.7 Å². The molecule has 26 heavy (non-hydrogen) atoms. The molecule has 7 heteroatoms. The number of H-pyrrole nitrogens is 1. The Balaban J connectivity index is 2.40. The van der Waals surface area contributed by atoms with Gasteiger partial charge in [0.1, 0.15) is 5.69 Å². The molecule has 5 nitrogen and oxygen atoms in total. The lowest BCUT2D eigenvalue weighted by Gasteiger charge is -2.20. The van der Waals surface area contributed by atoms with Crippen LogP contribution in [0.3, 0.4) is 0 Å². The number of aromatic amines is 1. The Morgan fingerprint density at radius 3 is 2.54 bits per heavy atom. The Bertz CT molecular complexity index is 1060. The monoisotopic (exact) mass is 390 g/mol. The zero-order valence-corrected chi connectivity index (χ0v) is 16.4. The van der Waals surface area contributed by atoms with E-state index < -0.39 is 13.3 Å². The molecule has 0 radical (unpaired) electrons. The Morgan fingerprint density at radius 1 is 1.19 bits per heavy atom. The number of nitrogens with two attached hydrogens (primary N) is 1. The molecule has 0 fully saturated rings. The van der Waals surface area contributed by atoms with Crippen LogP contribution in [0.15, 0.2) is 36.4 Å². The van der Waals surface area contributed by atoms with Gasteiger partial charge < -0.3 is 15.2 Å². The summed E-state index contributed by atoms with van der Waals surface area (Å²) in [5.74, 6) is -0.698. The van der Waals surface area contributed by atoms with E-state index in [0.717, 1.165) is 11.1 Å². The second kappa shape index (κ2) is 6.92. The average molecular weight is 391 g/mol. The molecule has 1 unspecified atom stereocenters. The lowest BCUT2D eigenvalue weighted by molar-refractivity contribution is 0.0997. The highest BCUT2D eigenvalue weighted by Crippen LogP contribution is 2.48. The first-order valence-electron chi connectivity index (χ1n) is 8.22. The summed E-state index contributed by atoms with van der Waals surface area (Å²) in [6, 6.07) is 10.6. The van der Waals surface area contributed by atoms with Crippen LogP contribution in [0.25, 0.3) is 10.9 Å². The van der Waals surface area contributed by atoms with Crippen LogP contribution in [0.4, 0.5) is 0 Å². The Hall–Kier alpha value is -2.07. The van der Waals surface area contributed by atoms with Gasteiger partial charge in [0.25, 0.3) is 13.3 Å². The SMILES string of the molecule is CCOP(=O)(c1ccc(C)c(C)c1)c1c(C(N)=O)[nH]c2ccc(Cl)cc12. The Labute approximate surface area is 156 Å². The van der Waals surface area contributed by atoms with Crippen molar-refractivity contribution in [2.45, 2.75) is 20.8 Å². The van der Waals surface area contributed by atoms with Crippen molar-refractivity contribution in [3.8, 4) is 0 Å². The van der Waals surface area contributed by atoms with Crippen molar-refractivity contribution in [3.05, 3.63) is 58.2 Å². The summed E-state index contributed by atoms with van der Waals surface area (Å²) in [7, 11) is -3.57. The van der Waals surface area contributed by atoms with Crippen LogP contribution < -0.4 is 16.3 Å². The number of carbonyl (C=O) groups is 1. The number of benzene rings is 2. The van der Waals surface area contributed by atoms with Crippen LogP contribution in [0.2, 0.25) is 5.02 Å². The zero-order valence-electron chi connectivity index (χ0n) is 14.8. The molecular formula is C19H20ClN2O3P. The van der Waals surface area contributed by atoms with Crippen LogP contribution in [0.5, 0.6) is 0 Å². The Kier molecular flexibility index (Phi) is 4.98. The van der Waals surface area contributed by atoms with Crippen molar-refractivity contribution in [2.75, 3.05) is 6.61 Å². The topological polar surface area (TPSA) is 85.2 Å². The molecule has 3 aromatic rings. The van der Waals surface area contributed by atoms with Crippen LogP contribution >= 0.6 is 19.0 Å². The van der Waals surface area contributed by atoms with E-state index in [1.165, 1.54) is 0 Å². The molecule has 1 amide bonds. The highest BCUT2D eigenvalue weighted by molar-refractivity contribution is 7.75. The number of aryl methyl sites for hydroxylation is 2. The summed E-state index contributed by atoms with van der Waals surface area (Å²) in [4.78, 5) is 15.0. The van der Waals surface area contributed by atoms with E-state index in [4.69, 9.17) is 21.9 Å². The number of rotatable bonds is 5. The van der Waals surface area contributed by atoms with Crippen LogP contribution in [-0.2, 0) is 9.09 Å². The average Bonchev–Trinajstić information content (AvgIpc) is 2.97. The van der Waals surface area contributed by atoms with E-state index in [1.54, 1.807) is 31.2 Å². The van der Waals surface area contributed by atoms with Crippen molar-refractivity contribution in [2.24, 2.45) is 5.73 Å². The molecule has 1 heterocycles. The minimum Gasteiger partial charge on any atom is -0.364 e. The second-order valence-corrected chi connectivity index (χ2v) is 8.90. The van der Waals surface area contributed by atoms with Gasteiger partial charge in [-0.05, 0) is 62.2 Å². The maximum absolute atomic E-state index is 14.1. The van der Waals surface area contributed by atoms with Gasteiger partial charge in [-0.15, -0.1) is 0 Å². The molecule has 0 aliphatic carbocycles. The predicted octanol–water partition coefficient (Wildman–Crippen LogP) is 3.80. The van der Waals surface area contributed by atoms with Crippen molar-refractivity contribution in [1.29, 1.82) is 0 Å². The highest BCUT2D eigenvalue weighted by Gasteiger charge is 2.36. The number of hydrogen-bond donors (Lipinski definition) is 2. The van der Waals surface area contributed by atoms with E-state index in [0.29, 0.717) is 21.2 Å². The number of carbonyl (C=O) groups excluding carboxylic acids is 1. The Morgan fingerprint density at radius 2 is 1.92 bits per heavy atom. The molecule has 3 N–H and O–H groups in total. The van der Waals surface area contributed by atoms with Crippen molar-refractivity contribution in [1.82, 2.24) is 4.98 Å². The van der Waals surface area contributed by atoms with E-state index >= 15 is 0 Å². The normalized spacial score (nSPS) is 13.7. The minimum atomic E-state index is -3.57. The molecule has 2 aromatic carbocycles. The van der Waals surface area contributed by atoms with Crippen molar-refractivity contribution >= 4 is 46.4 Å². The van der Waals surface area contributed by atoms with E-state index in [1.807, 2.05) is 26.0 Å². The fourth-order valence-corrected chi connectivity index (χ4v) is 5.66. The van der Waals surface area contributed by atoms with Gasteiger partial charge in [-0.3, -0.25) is 9.36 Å². The molecule has 136 valence electrons. The molecule has 0 aliphatic heterocycles. The molecule has 3 rings (SSSR count). The van der Waals surface area contributed by atoms with Crippen LogP contribution in [-0.4, -0.2) is 17.5 Å². The second-order valence-electron chi connectivity index (χ2n) is 6.14. The fraction of sp³-hybridized carbons (Fsp3) is 0.211. The predicted molar refractivity (Wildman–Crippen MR) is 106 cm³/mol. The quantitative estimate of drug-likeness (QED) is 0.650. The van der Waals surface area contributed by atoms with Crippen LogP contribution in [0.1, 0.15) is 28.5 Å². The largest absolute Gasteiger partial charge is 0.364 e. The molecule has 0 aliphatic rings. The molecule has 0 bridgehead atoms. The van der Waals surface area contributed by atoms with E-state index in [-0.39, 0.29) is 17.6 Å². The molecule has 0 saturated heterocycles. The number of aromatic nitrogens is 1. The number of amides is 1. The van der Waals surface area contributed by atoms with E-state index in [2.05, 4.69) is 4.98 Å². The summed E-state index contributed by atoms with van der Waals surface area (Å²) in [6.07, 6.45) is 0. The van der Waals surface area contributed by atoms with Crippen molar-refractivity contribution < 1.29 is 13.9 Å². The maximum Gasteiger partial charge on any atom is 0.266 e. The lowest BCUT2D eigenvalue weighted by Crippen LogP contribution is -2.26. The third-order valence-electron chi connectivity index (χ3n) is 4.42. The van der Waals surface area contributed by atoms with Gasteiger partial charge in [0, 0.05) is 21.2 Å². The fourth-order valence-electron chi connectivity index (χ4n) is 2.99. The van der Waals surface area contributed by atoms with Gasteiger partial charge in [-0.2, -0.15) is 0 Å². The molecule has 0 saturated carbocycles. The first-order chi connectivity index (χ1) is 12.3. The first-order valence-corrected chi connectivity index (χ1v) is 10.2. The number of fused-ring (bicyclic) bond motifs is 1. The summed E-state index contributed by atoms with van der Waals surface area (Å²) >= 11 is 6.14. The third kappa shape index (κ3) is 3.07. The highest BCUT2D eigenvalue weighted by atomic mass is 35.5. The smallest absolute Gasteiger partial charge is 0.266 e. The standard InChI is InChI=1S/C19H20ClN2O3P/c1-4-25-26(24,14-7-5-11(2)12(3)9-14)18-15-10-13(20)6-8-16(15)22-17(18)19(21)23/h5-10,22H,4H2,1-3H3,(H2,21,23). The van der Waals surface area contributed by atoms with Gasteiger partial charge >= 0.3 is 0 Å². The van der Waals surface area contributed by atoms with E-state index in [9.17, 15) is 9.36 Å². The van der Waals surface area contributed by atoms with Gasteiger partial charge in [0.15, 0.2) is 0 Å². The summed E-state index contributed by atoms with van der Waals surface area (Å²) < 4.78 is 19.9. The van der Waals surface area contributed by atoms with Crippen LogP contribution in [0, 0.1) is 13.8 Å². The third-order valence-corrected chi connectivity index (χ3v) is 7.28. The number of halogens is 1. The van der Waals surface area contributed by atoms with Gasteiger partial charge in [0.2, 0.25) is 0 Å². The van der Waals surface area contributed by atoms with Gasteiger partial charge in [-0.25, -0.2) is 0 Å². The number of hydrogen-bond acceptors (Lipinski definition) is 3. The zero-order chi connectivity index (χ0) is 19.1. The lowest BCUT2D eigenvalue weighted by atomic mass is 10.1. The van der Waals surface area contributed by atoms with Crippen molar-refractivity contribution in [3.63, 3.8) is 0 Å². The summed E-state index contributed by atoms with van der Waals surface area (Å²) in [5, 5.41) is 1.83. The molecule has 1 atom stereocenters. The number of primary amides is 1. The number of nitrogens with one attached hydrogen (secondary N) is 1. The van der Waals surface area contributed by atoms with Gasteiger partial charge in [0.05, 0.1) is 11.9 Å². The molecular weight excluding hydrogens is 371 g/mol. The summed E-state index contributed by atoms with van der Waals surface area (Å²) in [6.45, 7) is 5.90. The summed E-state index contributed by atoms with van der Waals surface area (Å²) in [5.41, 5.74) is 8.33.